The van der Waals surface area contributed by atoms with Gasteiger partial charge in [0, 0.05) is 19.7 Å². The highest BCUT2D eigenvalue weighted by molar-refractivity contribution is 5.94. The summed E-state index contributed by atoms with van der Waals surface area (Å²) in [6.07, 6.45) is 2.02. The zero-order chi connectivity index (χ0) is 11.3. The van der Waals surface area contributed by atoms with E-state index in [0.717, 1.165) is 0 Å². The van der Waals surface area contributed by atoms with Crippen molar-refractivity contribution in [2.75, 3.05) is 19.7 Å². The molecular formula is C10H16N2O3. The molecule has 0 atom stereocenters. The van der Waals surface area contributed by atoms with Gasteiger partial charge >= 0.3 is 0 Å². The molecule has 0 bridgehead atoms. The van der Waals surface area contributed by atoms with E-state index in [0.29, 0.717) is 30.8 Å². The fourth-order valence-electron chi connectivity index (χ4n) is 1.34. The zero-order valence-electron chi connectivity index (χ0n) is 9.06. The third-order valence-electron chi connectivity index (χ3n) is 2.24. The number of carbonyl (C=O) groups excluding carboxylic acids is 1. The monoisotopic (exact) mass is 212 g/mol. The smallest absolute Gasteiger partial charge is 0.259 e. The van der Waals surface area contributed by atoms with Gasteiger partial charge in [-0.2, -0.15) is 0 Å². The molecule has 0 aromatic carbocycles. The number of aryl methyl sites for hydroxylation is 1. The number of hydrogen-bond acceptors (Lipinski definition) is 4. The lowest BCUT2D eigenvalue weighted by molar-refractivity contribution is 0.0752. The fraction of sp³-hybridized carbons (Fsp3) is 0.600. The van der Waals surface area contributed by atoms with Gasteiger partial charge < -0.3 is 14.5 Å². The summed E-state index contributed by atoms with van der Waals surface area (Å²) < 4.78 is 4.84. The molecule has 1 heterocycles. The summed E-state index contributed by atoms with van der Waals surface area (Å²) in [5.41, 5.74) is 0.495. The van der Waals surface area contributed by atoms with Gasteiger partial charge in [-0.25, -0.2) is 0 Å². The third kappa shape index (κ3) is 2.79. The predicted molar refractivity (Wildman–Crippen MR) is 54.5 cm³/mol. The van der Waals surface area contributed by atoms with Crippen LogP contribution >= 0.6 is 0 Å². The van der Waals surface area contributed by atoms with Gasteiger partial charge in [-0.15, -0.1) is 0 Å². The quantitative estimate of drug-likeness (QED) is 0.785. The fourth-order valence-corrected chi connectivity index (χ4v) is 1.34. The van der Waals surface area contributed by atoms with Crippen LogP contribution in [0.15, 0.2) is 10.7 Å². The van der Waals surface area contributed by atoms with Gasteiger partial charge in [-0.05, 0) is 20.3 Å². The van der Waals surface area contributed by atoms with E-state index in [-0.39, 0.29) is 12.5 Å². The molecule has 5 nitrogen and oxygen atoms in total. The largest absolute Gasteiger partial charge is 0.396 e. The normalized spacial score (nSPS) is 10.3. The average Bonchev–Trinajstić information content (AvgIpc) is 2.65. The molecule has 0 aliphatic carbocycles. The molecule has 84 valence electrons. The highest BCUT2D eigenvalue weighted by Crippen LogP contribution is 2.09. The Hall–Kier alpha value is -1.36. The molecule has 5 heteroatoms. The Labute approximate surface area is 88.7 Å². The van der Waals surface area contributed by atoms with Gasteiger partial charge in [0.25, 0.3) is 5.91 Å². The molecule has 1 aromatic rings. The van der Waals surface area contributed by atoms with Crippen molar-refractivity contribution < 1.29 is 14.4 Å². The molecule has 1 aromatic heterocycles. The van der Waals surface area contributed by atoms with Crippen molar-refractivity contribution >= 4 is 5.91 Å². The molecule has 0 fully saturated rings. The van der Waals surface area contributed by atoms with Gasteiger partial charge in [0.15, 0.2) is 0 Å². The lowest BCUT2D eigenvalue weighted by atomic mass is 10.2. The first-order valence-electron chi connectivity index (χ1n) is 5.02. The van der Waals surface area contributed by atoms with Crippen LogP contribution in [0.5, 0.6) is 0 Å². The number of rotatable bonds is 5. The first-order valence-corrected chi connectivity index (χ1v) is 5.02. The maximum absolute atomic E-state index is 11.9. The molecule has 0 saturated carbocycles. The summed E-state index contributed by atoms with van der Waals surface area (Å²) in [5, 5.41) is 12.3. The average molecular weight is 212 g/mol. The Morgan fingerprint density at radius 2 is 2.40 bits per heavy atom. The van der Waals surface area contributed by atoms with Crippen LogP contribution in [-0.4, -0.2) is 40.8 Å². The molecule has 0 aliphatic rings. The zero-order valence-corrected chi connectivity index (χ0v) is 9.06. The topological polar surface area (TPSA) is 66.6 Å². The van der Waals surface area contributed by atoms with E-state index in [2.05, 4.69) is 5.16 Å². The van der Waals surface area contributed by atoms with Crippen molar-refractivity contribution in [1.82, 2.24) is 10.1 Å². The summed E-state index contributed by atoms with van der Waals surface area (Å²) >= 11 is 0. The van der Waals surface area contributed by atoms with E-state index < -0.39 is 0 Å². The number of aliphatic hydroxyl groups excluding tert-OH is 1. The molecule has 0 saturated heterocycles. The highest BCUT2D eigenvalue weighted by atomic mass is 16.5. The second-order valence-electron chi connectivity index (χ2n) is 3.26. The van der Waals surface area contributed by atoms with Crippen LogP contribution in [0.2, 0.25) is 0 Å². The van der Waals surface area contributed by atoms with Crippen LogP contribution in [0.25, 0.3) is 0 Å². The number of carbonyl (C=O) groups is 1. The lowest BCUT2D eigenvalue weighted by Crippen LogP contribution is -2.32. The molecule has 0 unspecified atom stereocenters. The molecule has 1 N–H and O–H groups in total. The highest BCUT2D eigenvalue weighted by Gasteiger charge is 2.18. The first kappa shape index (κ1) is 11.7. The summed E-state index contributed by atoms with van der Waals surface area (Å²) in [7, 11) is 0. The van der Waals surface area contributed by atoms with Crippen molar-refractivity contribution in [3.8, 4) is 0 Å². The second-order valence-corrected chi connectivity index (χ2v) is 3.26. The predicted octanol–water partition coefficient (Wildman–Crippen LogP) is 0.828. The van der Waals surface area contributed by atoms with Crippen LogP contribution in [0.1, 0.15) is 29.5 Å². The lowest BCUT2D eigenvalue weighted by Gasteiger charge is -2.19. The van der Waals surface area contributed by atoms with E-state index in [4.69, 9.17) is 9.63 Å². The van der Waals surface area contributed by atoms with Gasteiger partial charge in [-0.3, -0.25) is 4.79 Å². The first-order chi connectivity index (χ1) is 7.20. The Bertz CT molecular complexity index is 322. The maximum Gasteiger partial charge on any atom is 0.259 e. The van der Waals surface area contributed by atoms with Crippen LogP contribution < -0.4 is 0 Å². The molecule has 15 heavy (non-hydrogen) atoms. The van der Waals surface area contributed by atoms with E-state index in [1.807, 2.05) is 6.92 Å². The van der Waals surface area contributed by atoms with Crippen molar-refractivity contribution in [3.63, 3.8) is 0 Å². The maximum atomic E-state index is 11.9. The van der Waals surface area contributed by atoms with E-state index in [1.54, 1.807) is 11.8 Å². The van der Waals surface area contributed by atoms with Gasteiger partial charge in [-0.1, -0.05) is 5.16 Å². The van der Waals surface area contributed by atoms with Crippen molar-refractivity contribution in [2.24, 2.45) is 0 Å². The Kier molecular flexibility index (Phi) is 4.30. The third-order valence-corrected chi connectivity index (χ3v) is 2.24. The number of hydrogen-bond donors (Lipinski definition) is 1. The van der Waals surface area contributed by atoms with Crippen LogP contribution in [0.3, 0.4) is 0 Å². The minimum Gasteiger partial charge on any atom is -0.396 e. The SMILES string of the molecule is CCN(CCCO)C(=O)c1cnoc1C. The molecule has 0 radical (unpaired) electrons. The van der Waals surface area contributed by atoms with Crippen LogP contribution in [0.4, 0.5) is 0 Å². The summed E-state index contributed by atoms with van der Waals surface area (Å²) in [4.78, 5) is 13.6. The van der Waals surface area contributed by atoms with Crippen molar-refractivity contribution in [2.45, 2.75) is 20.3 Å². The summed E-state index contributed by atoms with van der Waals surface area (Å²) in [6, 6.07) is 0. The Morgan fingerprint density at radius 1 is 1.67 bits per heavy atom. The van der Waals surface area contributed by atoms with Crippen molar-refractivity contribution in [1.29, 1.82) is 0 Å². The Morgan fingerprint density at radius 3 is 2.87 bits per heavy atom. The number of aliphatic hydroxyl groups is 1. The van der Waals surface area contributed by atoms with E-state index in [1.165, 1.54) is 6.20 Å². The number of amides is 1. The van der Waals surface area contributed by atoms with E-state index in [9.17, 15) is 4.79 Å². The van der Waals surface area contributed by atoms with Gasteiger partial charge in [0.1, 0.15) is 11.3 Å². The second kappa shape index (κ2) is 5.50. The molecule has 1 rings (SSSR count). The number of nitrogens with zero attached hydrogens (tertiary/aromatic N) is 2. The summed E-state index contributed by atoms with van der Waals surface area (Å²) in [6.45, 7) is 4.87. The minimum absolute atomic E-state index is 0.0897. The van der Waals surface area contributed by atoms with E-state index >= 15 is 0 Å². The molecular weight excluding hydrogens is 196 g/mol. The van der Waals surface area contributed by atoms with Crippen LogP contribution in [-0.2, 0) is 0 Å². The molecule has 0 aliphatic heterocycles. The standard InChI is InChI=1S/C10H16N2O3/c1-3-12(5-4-6-13)10(14)9-7-11-15-8(9)2/h7,13H,3-6H2,1-2H3. The molecule has 1 amide bonds. The van der Waals surface area contributed by atoms with Crippen LogP contribution in [0, 0.1) is 6.92 Å². The van der Waals surface area contributed by atoms with Crippen molar-refractivity contribution in [3.05, 3.63) is 17.5 Å². The molecule has 0 spiro atoms. The van der Waals surface area contributed by atoms with Gasteiger partial charge in [0.05, 0.1) is 6.20 Å². The number of aromatic nitrogens is 1. The van der Waals surface area contributed by atoms with Gasteiger partial charge in [0.2, 0.25) is 0 Å². The minimum atomic E-state index is -0.0929. The Balaban J connectivity index is 2.69. The summed E-state index contributed by atoms with van der Waals surface area (Å²) in [5.74, 6) is 0.437.